The fourth-order valence-corrected chi connectivity index (χ4v) is 7.18. The lowest BCUT2D eigenvalue weighted by molar-refractivity contribution is -0.254. The molecule has 0 amide bonds. The summed E-state index contributed by atoms with van der Waals surface area (Å²) in [7, 11) is -3.85. The second-order valence-electron chi connectivity index (χ2n) is 8.85. The first kappa shape index (κ1) is 42.4. The molecule has 0 atom stereocenters. The van der Waals surface area contributed by atoms with Gasteiger partial charge in [0.1, 0.15) is 6.61 Å². The van der Waals surface area contributed by atoms with Crippen LogP contribution in [0.2, 0.25) is 0 Å². The van der Waals surface area contributed by atoms with Gasteiger partial charge in [-0.2, -0.15) is 79.0 Å². The predicted octanol–water partition coefficient (Wildman–Crippen LogP) is 9.68. The highest BCUT2D eigenvalue weighted by atomic mass is 33.1. The third kappa shape index (κ3) is 8.22. The normalized spacial score (nSPS) is 13.5. The molecule has 0 radical (unpaired) electrons. The van der Waals surface area contributed by atoms with E-state index in [1.807, 2.05) is 0 Å². The van der Waals surface area contributed by atoms with Crippen LogP contribution in [0, 0.1) is 0 Å². The number of carboxylic acid groups (broad SMARTS) is 3. The van der Waals surface area contributed by atoms with Gasteiger partial charge in [-0.1, -0.05) is 21.6 Å². The second kappa shape index (κ2) is 13.4. The molecule has 0 unspecified atom stereocenters. The highest BCUT2D eigenvalue weighted by Crippen LogP contribution is 2.60. The van der Waals surface area contributed by atoms with E-state index in [0.29, 0.717) is 0 Å². The summed E-state index contributed by atoms with van der Waals surface area (Å²) in [5, 5.41) is 36.1. The lowest BCUT2D eigenvalue weighted by Gasteiger charge is -2.28. The number of benzene rings is 2. The van der Waals surface area contributed by atoms with Crippen LogP contribution in [-0.4, -0.2) is 38.5 Å². The maximum Gasteiger partial charge on any atom is 0.418 e. The minimum atomic E-state index is -6.96. The van der Waals surface area contributed by atoms with E-state index in [2.05, 4.69) is 4.89 Å². The third-order valence-electron chi connectivity index (χ3n) is 5.77. The van der Waals surface area contributed by atoms with Crippen LogP contribution in [0.25, 0.3) is 0 Å². The smallest absolute Gasteiger partial charge is 0.418 e. The van der Waals surface area contributed by atoms with Crippen LogP contribution in [0.1, 0.15) is 70.0 Å². The van der Waals surface area contributed by atoms with Gasteiger partial charge in [0, 0.05) is 15.4 Å². The summed E-state index contributed by atoms with van der Waals surface area (Å²) in [5.41, 5.74) is -33.9. The second-order valence-corrected chi connectivity index (χ2v) is 11.0. The highest BCUT2D eigenvalue weighted by Gasteiger charge is 2.56. The quantitative estimate of drug-likeness (QED) is 0.0883. The molecule has 0 saturated heterocycles. The van der Waals surface area contributed by atoms with Gasteiger partial charge in [-0.3, -0.25) is 5.26 Å². The molecule has 0 aliphatic rings. The van der Waals surface area contributed by atoms with Crippen molar-refractivity contribution in [2.24, 2.45) is 0 Å². The Balaban J connectivity index is 3.52. The Hall–Kier alpha value is -3.79. The van der Waals surface area contributed by atoms with Gasteiger partial charge in [0.2, 0.25) is 0 Å². The Morgan fingerprint density at radius 2 is 0.700 bits per heavy atom. The van der Waals surface area contributed by atoms with E-state index >= 15 is 0 Å². The number of hydrogen-bond donors (Lipinski definition) is 4. The summed E-state index contributed by atoms with van der Waals surface area (Å²) < 4.78 is 254. The number of carboxylic acids is 3. The molecule has 280 valence electrons. The molecule has 50 heavy (non-hydrogen) atoms. The van der Waals surface area contributed by atoms with Crippen molar-refractivity contribution in [3.63, 3.8) is 0 Å². The van der Waals surface area contributed by atoms with Crippen LogP contribution in [0.15, 0.2) is 9.79 Å². The molecule has 0 spiro atoms. The van der Waals surface area contributed by atoms with E-state index in [0.717, 1.165) is 0 Å². The Morgan fingerprint density at radius 1 is 0.440 bits per heavy atom. The van der Waals surface area contributed by atoms with Crippen molar-refractivity contribution in [2.75, 3.05) is 0 Å². The van der Waals surface area contributed by atoms with Crippen molar-refractivity contribution in [1.82, 2.24) is 0 Å². The number of halogens is 18. The van der Waals surface area contributed by atoms with E-state index < -0.39 is 149 Å². The van der Waals surface area contributed by atoms with Gasteiger partial charge >= 0.3 is 55.0 Å². The molecule has 2 aromatic rings. The number of hydrogen-bond acceptors (Lipinski definition) is 7. The molecule has 8 nitrogen and oxygen atoms in total. The summed E-state index contributed by atoms with van der Waals surface area (Å²) in [5.74, 6) is -10.1. The molecule has 0 fully saturated rings. The minimum Gasteiger partial charge on any atom is -0.478 e. The Labute approximate surface area is 267 Å². The van der Waals surface area contributed by atoms with E-state index in [9.17, 15) is 104 Å². The molecule has 4 N–H and O–H groups in total. The van der Waals surface area contributed by atoms with Crippen molar-refractivity contribution in [2.45, 2.75) is 53.5 Å². The van der Waals surface area contributed by atoms with Crippen LogP contribution in [0.5, 0.6) is 0 Å². The Bertz CT molecular complexity index is 1720. The molecule has 2 aromatic carbocycles. The maximum atomic E-state index is 14.2. The van der Waals surface area contributed by atoms with Crippen molar-refractivity contribution in [1.29, 1.82) is 0 Å². The largest absolute Gasteiger partial charge is 0.478 e. The topological polar surface area (TPSA) is 141 Å². The lowest BCUT2D eigenvalue weighted by atomic mass is 9.89. The van der Waals surface area contributed by atoms with Gasteiger partial charge in [0.15, 0.2) is 0 Å². The summed E-state index contributed by atoms with van der Waals surface area (Å²) in [6.45, 7) is -2.45. The Kier molecular flexibility index (Phi) is 11.4. The van der Waals surface area contributed by atoms with E-state index in [4.69, 9.17) is 10.4 Å². The van der Waals surface area contributed by atoms with Crippen LogP contribution in [-0.2, 0) is 48.6 Å². The molecule has 0 saturated carbocycles. The summed E-state index contributed by atoms with van der Waals surface area (Å²) in [6, 6.07) is 0. The predicted molar refractivity (Wildman–Crippen MR) is 123 cm³/mol. The van der Waals surface area contributed by atoms with Crippen molar-refractivity contribution < 1.29 is 119 Å². The average molecular weight is 804 g/mol. The molecule has 0 heterocycles. The van der Waals surface area contributed by atoms with Gasteiger partial charge < -0.3 is 15.3 Å². The molecule has 2 rings (SSSR count). The van der Waals surface area contributed by atoms with Gasteiger partial charge in [-0.15, -0.1) is 0 Å². The maximum absolute atomic E-state index is 14.2. The summed E-state index contributed by atoms with van der Waals surface area (Å²) in [4.78, 5) is 31.5. The van der Waals surface area contributed by atoms with E-state index in [1.54, 1.807) is 0 Å². The zero-order valence-corrected chi connectivity index (χ0v) is 23.9. The van der Waals surface area contributed by atoms with Gasteiger partial charge in [-0.25, -0.2) is 19.3 Å². The van der Waals surface area contributed by atoms with Crippen LogP contribution in [0.3, 0.4) is 0 Å². The van der Waals surface area contributed by atoms with Crippen molar-refractivity contribution in [3.8, 4) is 0 Å². The fourth-order valence-electron chi connectivity index (χ4n) is 4.31. The first-order valence-corrected chi connectivity index (χ1v) is 13.5. The van der Waals surface area contributed by atoms with E-state index in [1.165, 1.54) is 0 Å². The molecule has 0 aliphatic carbocycles. The average Bonchev–Trinajstić information content (AvgIpc) is 2.86. The fraction of sp³-hybridized carbons (Fsp3) is 0.318. The molecular weight excluding hydrogens is 798 g/mol. The first-order valence-electron chi connectivity index (χ1n) is 11.3. The van der Waals surface area contributed by atoms with Gasteiger partial charge in [0.25, 0.3) is 0 Å². The van der Waals surface area contributed by atoms with Crippen LogP contribution >= 0.6 is 21.6 Å². The zero-order chi connectivity index (χ0) is 39.5. The third-order valence-corrected chi connectivity index (χ3v) is 8.25. The lowest BCUT2D eigenvalue weighted by Crippen LogP contribution is -2.29. The van der Waals surface area contributed by atoms with E-state index in [-0.39, 0.29) is 0 Å². The standard InChI is InChI=1S/C22H6F18O8S2/c23-17(24,25)6-2(1-48-47)3(14(41)42)8(19(29,30)31)12(10(6)21(35,36)37)49-50-13-9(20(32,33)34)5(16(45)46)4(15(43)44)7(18(26,27)28)11(13)22(38,39)40/h47H,1H2,(H,41,42)(H,43,44)(H,45,46). The van der Waals surface area contributed by atoms with Gasteiger partial charge in [0.05, 0.1) is 50.1 Å². The monoisotopic (exact) mass is 804 g/mol. The minimum absolute atomic E-state index is 1.91. The number of alkyl halides is 18. The number of rotatable bonds is 8. The number of carbonyl (C=O) groups is 3. The summed E-state index contributed by atoms with van der Waals surface area (Å²) >= 11 is 0. The van der Waals surface area contributed by atoms with Crippen molar-refractivity contribution in [3.05, 3.63) is 55.6 Å². The molecule has 0 bridgehead atoms. The molecule has 0 aliphatic heterocycles. The summed E-state index contributed by atoms with van der Waals surface area (Å²) in [6.07, 6.45) is -40.8. The van der Waals surface area contributed by atoms with Crippen molar-refractivity contribution >= 4 is 39.5 Å². The Morgan fingerprint density at radius 3 is 0.960 bits per heavy atom. The van der Waals surface area contributed by atoms with Crippen LogP contribution in [0.4, 0.5) is 79.0 Å². The first-order chi connectivity index (χ1) is 22.1. The SMILES string of the molecule is O=C(O)c1c(COO)c(C(F)(F)F)c(C(F)(F)F)c(SSc2c(C(F)(F)F)c(C(=O)O)c(C(=O)O)c(C(F)(F)F)c2C(F)(F)F)c1C(F)(F)F. The molecule has 0 aromatic heterocycles. The highest BCUT2D eigenvalue weighted by molar-refractivity contribution is 8.76. The molecular formula is C22H6F18O8S2. The molecule has 28 heteroatoms. The zero-order valence-electron chi connectivity index (χ0n) is 22.2. The van der Waals surface area contributed by atoms with Crippen LogP contribution < -0.4 is 0 Å². The van der Waals surface area contributed by atoms with Gasteiger partial charge in [-0.05, 0) is 0 Å². The number of aromatic carboxylic acids is 3.